The molecule has 1 unspecified atom stereocenters. The van der Waals surface area contributed by atoms with Crippen LogP contribution in [0.15, 0.2) is 48.5 Å². The van der Waals surface area contributed by atoms with E-state index >= 15 is 0 Å². The lowest BCUT2D eigenvalue weighted by atomic mass is 10.1. The molecule has 2 aromatic heterocycles. The Labute approximate surface area is 184 Å². The summed E-state index contributed by atoms with van der Waals surface area (Å²) in [5.74, 6) is 1.00. The van der Waals surface area contributed by atoms with Gasteiger partial charge in [0.05, 0.1) is 30.0 Å². The number of hydrogen-bond acceptors (Lipinski definition) is 7. The van der Waals surface area contributed by atoms with Crippen molar-refractivity contribution in [3.05, 3.63) is 54.3 Å². The molecule has 1 fully saturated rings. The van der Waals surface area contributed by atoms with Crippen LogP contribution in [0.5, 0.6) is 5.75 Å². The number of fused-ring (bicyclic) bond motifs is 1. The standard InChI is InChI=1S/C23H23FN6O2/c1-31-18-10-3-2-9-17(18)20-19-21(25)30(15-7-4-6-14(24)12-15)29-22(19)28-23(27-20)26-13-16-8-5-11-32-16/h2-4,6-7,9-10,12,16H,5,8,11,13,25H2,1H3,(H,26,28,29). The second-order valence-electron chi connectivity index (χ2n) is 7.59. The second kappa shape index (κ2) is 8.43. The third-order valence-electron chi connectivity index (χ3n) is 5.50. The predicted molar refractivity (Wildman–Crippen MR) is 120 cm³/mol. The van der Waals surface area contributed by atoms with Crippen LogP contribution in [-0.2, 0) is 4.74 Å². The van der Waals surface area contributed by atoms with Crippen LogP contribution in [0, 0.1) is 5.82 Å². The Morgan fingerprint density at radius 2 is 2.09 bits per heavy atom. The van der Waals surface area contributed by atoms with Crippen LogP contribution < -0.4 is 15.8 Å². The first kappa shape index (κ1) is 20.2. The summed E-state index contributed by atoms with van der Waals surface area (Å²) in [6, 6.07) is 13.6. The van der Waals surface area contributed by atoms with Gasteiger partial charge in [0, 0.05) is 18.7 Å². The highest BCUT2D eigenvalue weighted by Gasteiger charge is 2.22. The van der Waals surface area contributed by atoms with Gasteiger partial charge in [-0.15, -0.1) is 5.10 Å². The molecule has 9 heteroatoms. The molecule has 0 aliphatic carbocycles. The fraction of sp³-hybridized carbons (Fsp3) is 0.261. The van der Waals surface area contributed by atoms with Crippen molar-refractivity contribution < 1.29 is 13.9 Å². The van der Waals surface area contributed by atoms with Gasteiger partial charge in [-0.3, -0.25) is 0 Å². The SMILES string of the molecule is COc1ccccc1-c1nc(NCC2CCCO2)nc2nn(-c3cccc(F)c3)c(N)c12. The third kappa shape index (κ3) is 3.71. The molecule has 0 amide bonds. The number of nitrogens with zero attached hydrogens (tertiary/aromatic N) is 4. The van der Waals surface area contributed by atoms with Gasteiger partial charge in [-0.05, 0) is 43.2 Å². The number of nitrogen functional groups attached to an aromatic ring is 1. The topological polar surface area (TPSA) is 100 Å². The molecule has 1 aliphatic heterocycles. The lowest BCUT2D eigenvalue weighted by Crippen LogP contribution is -2.19. The molecule has 3 N–H and O–H groups in total. The minimum Gasteiger partial charge on any atom is -0.496 e. The van der Waals surface area contributed by atoms with Crippen molar-refractivity contribution in [2.24, 2.45) is 0 Å². The molecule has 0 saturated carbocycles. The fourth-order valence-electron chi connectivity index (χ4n) is 3.94. The molecular formula is C23H23FN6O2. The maximum absolute atomic E-state index is 13.8. The van der Waals surface area contributed by atoms with Crippen molar-refractivity contribution in [3.8, 4) is 22.7 Å². The number of hydrogen-bond donors (Lipinski definition) is 2. The molecule has 164 valence electrons. The van der Waals surface area contributed by atoms with Gasteiger partial charge in [0.15, 0.2) is 5.65 Å². The highest BCUT2D eigenvalue weighted by atomic mass is 19.1. The first-order chi connectivity index (χ1) is 15.6. The Morgan fingerprint density at radius 1 is 1.22 bits per heavy atom. The van der Waals surface area contributed by atoms with E-state index in [1.165, 1.54) is 16.8 Å². The number of nitrogens with two attached hydrogens (primary N) is 1. The monoisotopic (exact) mass is 434 g/mol. The van der Waals surface area contributed by atoms with Crippen LogP contribution in [-0.4, -0.2) is 46.1 Å². The van der Waals surface area contributed by atoms with E-state index in [-0.39, 0.29) is 11.9 Å². The molecule has 0 spiro atoms. The van der Waals surface area contributed by atoms with E-state index in [1.54, 1.807) is 19.2 Å². The van der Waals surface area contributed by atoms with Crippen LogP contribution in [0.1, 0.15) is 12.8 Å². The van der Waals surface area contributed by atoms with Gasteiger partial charge in [0.2, 0.25) is 5.95 Å². The van der Waals surface area contributed by atoms with E-state index < -0.39 is 0 Å². The predicted octanol–water partition coefficient (Wildman–Crippen LogP) is 3.80. The summed E-state index contributed by atoms with van der Waals surface area (Å²) in [5.41, 5.74) is 8.73. The molecule has 32 heavy (non-hydrogen) atoms. The highest BCUT2D eigenvalue weighted by molar-refractivity contribution is 6.00. The van der Waals surface area contributed by atoms with Crippen molar-refractivity contribution in [1.29, 1.82) is 0 Å². The van der Waals surface area contributed by atoms with Crippen molar-refractivity contribution in [1.82, 2.24) is 19.7 Å². The van der Waals surface area contributed by atoms with Gasteiger partial charge in [-0.2, -0.15) is 4.98 Å². The Bertz CT molecular complexity index is 1270. The maximum atomic E-state index is 13.8. The zero-order chi connectivity index (χ0) is 22.1. The van der Waals surface area contributed by atoms with E-state index in [1.807, 2.05) is 24.3 Å². The molecule has 1 atom stereocenters. The number of methoxy groups -OCH3 is 1. The van der Waals surface area contributed by atoms with Gasteiger partial charge in [0.1, 0.15) is 17.4 Å². The summed E-state index contributed by atoms with van der Waals surface area (Å²) in [6.07, 6.45) is 2.17. The Hall–Kier alpha value is -3.72. The van der Waals surface area contributed by atoms with Crippen LogP contribution in [0.2, 0.25) is 0 Å². The quantitative estimate of drug-likeness (QED) is 0.476. The zero-order valence-electron chi connectivity index (χ0n) is 17.6. The molecule has 4 aromatic rings. The first-order valence-electron chi connectivity index (χ1n) is 10.4. The molecule has 0 radical (unpaired) electrons. The molecule has 5 rings (SSSR count). The molecule has 1 aliphatic rings. The highest BCUT2D eigenvalue weighted by Crippen LogP contribution is 2.37. The average Bonchev–Trinajstić information content (AvgIpc) is 3.45. The normalized spacial score (nSPS) is 15.9. The number of benzene rings is 2. The summed E-state index contributed by atoms with van der Waals surface area (Å²) in [4.78, 5) is 9.34. The van der Waals surface area contributed by atoms with E-state index in [9.17, 15) is 4.39 Å². The molecule has 1 saturated heterocycles. The number of halogens is 1. The number of para-hydroxylation sites is 1. The second-order valence-corrected chi connectivity index (χ2v) is 7.59. The molecule has 2 aromatic carbocycles. The zero-order valence-corrected chi connectivity index (χ0v) is 17.6. The van der Waals surface area contributed by atoms with Crippen molar-refractivity contribution >= 4 is 22.8 Å². The van der Waals surface area contributed by atoms with E-state index in [2.05, 4.69) is 15.4 Å². The number of ether oxygens (including phenoxy) is 2. The van der Waals surface area contributed by atoms with Crippen molar-refractivity contribution in [2.75, 3.05) is 31.3 Å². The van der Waals surface area contributed by atoms with E-state index in [0.717, 1.165) is 25.0 Å². The molecular weight excluding hydrogens is 411 g/mol. The summed E-state index contributed by atoms with van der Waals surface area (Å²) in [7, 11) is 1.60. The van der Waals surface area contributed by atoms with Crippen LogP contribution in [0.4, 0.5) is 16.2 Å². The van der Waals surface area contributed by atoms with Gasteiger partial charge < -0.3 is 20.5 Å². The summed E-state index contributed by atoms with van der Waals surface area (Å²) in [6.45, 7) is 1.37. The summed E-state index contributed by atoms with van der Waals surface area (Å²) < 4.78 is 26.6. The smallest absolute Gasteiger partial charge is 0.225 e. The van der Waals surface area contributed by atoms with E-state index in [4.69, 9.17) is 20.2 Å². The minimum absolute atomic E-state index is 0.124. The molecule has 8 nitrogen and oxygen atoms in total. The molecule has 3 heterocycles. The van der Waals surface area contributed by atoms with Gasteiger partial charge in [0.25, 0.3) is 0 Å². The average molecular weight is 434 g/mol. The molecule has 0 bridgehead atoms. The Balaban J connectivity index is 1.67. The van der Waals surface area contributed by atoms with E-state index in [0.29, 0.717) is 46.5 Å². The van der Waals surface area contributed by atoms with Crippen LogP contribution in [0.3, 0.4) is 0 Å². The summed E-state index contributed by atoms with van der Waals surface area (Å²) in [5, 5.41) is 8.40. The Kier molecular flexibility index (Phi) is 5.32. The maximum Gasteiger partial charge on any atom is 0.225 e. The van der Waals surface area contributed by atoms with Crippen molar-refractivity contribution in [2.45, 2.75) is 18.9 Å². The van der Waals surface area contributed by atoms with Gasteiger partial charge in [-0.25, -0.2) is 14.1 Å². The number of nitrogens with one attached hydrogen (secondary N) is 1. The number of aromatic nitrogens is 4. The third-order valence-corrected chi connectivity index (χ3v) is 5.50. The van der Waals surface area contributed by atoms with Gasteiger partial charge in [-0.1, -0.05) is 18.2 Å². The summed E-state index contributed by atoms with van der Waals surface area (Å²) >= 11 is 0. The lowest BCUT2D eigenvalue weighted by Gasteiger charge is -2.13. The lowest BCUT2D eigenvalue weighted by molar-refractivity contribution is 0.120. The fourth-order valence-corrected chi connectivity index (χ4v) is 3.94. The number of rotatable bonds is 6. The van der Waals surface area contributed by atoms with Crippen molar-refractivity contribution in [3.63, 3.8) is 0 Å². The minimum atomic E-state index is -0.378. The number of anilines is 2. The largest absolute Gasteiger partial charge is 0.496 e. The van der Waals surface area contributed by atoms with Gasteiger partial charge >= 0.3 is 0 Å². The first-order valence-corrected chi connectivity index (χ1v) is 10.4. The Morgan fingerprint density at radius 3 is 2.88 bits per heavy atom. The van der Waals surface area contributed by atoms with Crippen LogP contribution >= 0.6 is 0 Å². The van der Waals surface area contributed by atoms with Crippen LogP contribution in [0.25, 0.3) is 28.0 Å².